The smallest absolute Gasteiger partial charge is 0.246 e. The number of H-pyrrole nitrogens is 1. The highest BCUT2D eigenvalue weighted by atomic mass is 16.2. The molecule has 0 radical (unpaired) electrons. The molecule has 26 heavy (non-hydrogen) atoms. The Morgan fingerprint density at radius 3 is 2.35 bits per heavy atom. The minimum atomic E-state index is -0.434. The molecule has 3 aromatic rings. The predicted molar refractivity (Wildman–Crippen MR) is 102 cm³/mol. The van der Waals surface area contributed by atoms with E-state index in [0.29, 0.717) is 17.5 Å². The van der Waals surface area contributed by atoms with E-state index >= 15 is 0 Å². The number of nitrogens with zero attached hydrogens (tertiary/aromatic N) is 2. The summed E-state index contributed by atoms with van der Waals surface area (Å²) in [7, 11) is 0. The number of benzene rings is 2. The molecular weight excluding hydrogens is 326 g/mol. The van der Waals surface area contributed by atoms with Gasteiger partial charge in [0.15, 0.2) is 0 Å². The second kappa shape index (κ2) is 6.33. The van der Waals surface area contributed by atoms with E-state index in [0.717, 1.165) is 16.6 Å². The minimum absolute atomic E-state index is 0.265. The lowest BCUT2D eigenvalue weighted by atomic mass is 10.0. The van der Waals surface area contributed by atoms with Gasteiger partial charge in [-0.25, -0.2) is 23.9 Å². The Kier molecular flexibility index (Phi) is 3.99. The maximum Gasteiger partial charge on any atom is 0.352 e. The van der Waals surface area contributed by atoms with Crippen molar-refractivity contribution in [2.45, 2.75) is 25.3 Å². The molecule has 0 amide bonds. The second-order valence-corrected chi connectivity index (χ2v) is 6.85. The molecule has 0 spiro atoms. The maximum absolute atomic E-state index is 12.8. The molecule has 1 aromatic heterocycles. The molecule has 1 aliphatic carbocycles. The molecule has 0 bridgehead atoms. The van der Waals surface area contributed by atoms with Crippen LogP contribution < -0.4 is 11.4 Å². The Hall–Kier alpha value is -3.08. The molecule has 1 aliphatic rings. The van der Waals surface area contributed by atoms with Crippen molar-refractivity contribution in [3.05, 3.63) is 99.3 Å². The summed E-state index contributed by atoms with van der Waals surface area (Å²) in [6, 6.07) is 19.0. The van der Waals surface area contributed by atoms with E-state index in [1.54, 1.807) is 24.3 Å². The van der Waals surface area contributed by atoms with E-state index < -0.39 is 5.69 Å². The zero-order chi connectivity index (χ0) is 18.3. The Labute approximate surface area is 151 Å². The van der Waals surface area contributed by atoms with E-state index in [1.165, 1.54) is 10.2 Å². The molecule has 1 heterocycles. The molecule has 5 nitrogen and oxygen atoms in total. The number of allylic oxidation sites excluding steroid dienone is 1. The molecule has 5 heteroatoms. The number of hydrogen-bond donors (Lipinski definition) is 1. The van der Waals surface area contributed by atoms with Crippen molar-refractivity contribution in [1.82, 2.24) is 14.3 Å². The quantitative estimate of drug-likeness (QED) is 0.720. The lowest BCUT2D eigenvalue weighted by Crippen LogP contribution is -2.29. The summed E-state index contributed by atoms with van der Waals surface area (Å²) in [5.74, 6) is 0.785. The fourth-order valence-corrected chi connectivity index (χ4v) is 3.61. The molecule has 1 N–H and O–H groups in total. The summed E-state index contributed by atoms with van der Waals surface area (Å²) in [5, 5.41) is 2.68. The number of para-hydroxylation sites is 1. The third-order valence-corrected chi connectivity index (χ3v) is 5.25. The summed E-state index contributed by atoms with van der Waals surface area (Å²) >= 11 is 0. The number of nitrogens with one attached hydrogen (secondary N) is 1. The number of hydrogen-bond acceptors (Lipinski definition) is 2. The molecule has 1 saturated carbocycles. The van der Waals surface area contributed by atoms with E-state index in [4.69, 9.17) is 0 Å². The van der Waals surface area contributed by atoms with Crippen LogP contribution >= 0.6 is 0 Å². The van der Waals surface area contributed by atoms with Crippen LogP contribution in [-0.4, -0.2) is 14.3 Å². The van der Waals surface area contributed by atoms with Crippen LogP contribution in [0.25, 0.3) is 5.69 Å². The predicted octanol–water partition coefficient (Wildman–Crippen LogP) is 3.25. The third kappa shape index (κ3) is 2.75. The molecular formula is C21H21N3O2. The van der Waals surface area contributed by atoms with Crippen LogP contribution in [-0.2, 0) is 0 Å². The van der Waals surface area contributed by atoms with Crippen molar-refractivity contribution in [3.63, 3.8) is 0 Å². The van der Waals surface area contributed by atoms with Gasteiger partial charge in [-0.15, -0.1) is 0 Å². The van der Waals surface area contributed by atoms with Gasteiger partial charge in [-0.3, -0.25) is 0 Å². The van der Waals surface area contributed by atoms with Crippen molar-refractivity contribution in [2.75, 3.05) is 0 Å². The lowest BCUT2D eigenvalue weighted by Gasteiger charge is -2.15. The Morgan fingerprint density at radius 1 is 1.08 bits per heavy atom. The lowest BCUT2D eigenvalue weighted by molar-refractivity contribution is 0.510. The van der Waals surface area contributed by atoms with Gasteiger partial charge in [0.2, 0.25) is 0 Å². The average molecular weight is 347 g/mol. The Morgan fingerprint density at radius 2 is 1.69 bits per heavy atom. The molecule has 1 fully saturated rings. The third-order valence-electron chi connectivity index (χ3n) is 5.25. The van der Waals surface area contributed by atoms with Crippen LogP contribution in [0.5, 0.6) is 0 Å². The van der Waals surface area contributed by atoms with Gasteiger partial charge in [-0.2, -0.15) is 0 Å². The zero-order valence-corrected chi connectivity index (χ0v) is 14.6. The van der Waals surface area contributed by atoms with Gasteiger partial charge in [-0.1, -0.05) is 55.1 Å². The molecule has 3 atom stereocenters. The van der Waals surface area contributed by atoms with Gasteiger partial charge in [-0.05, 0) is 48.4 Å². The van der Waals surface area contributed by atoms with Crippen molar-refractivity contribution < 1.29 is 0 Å². The van der Waals surface area contributed by atoms with Gasteiger partial charge in [0.1, 0.15) is 0 Å². The number of aromatic nitrogens is 3. The highest BCUT2D eigenvalue weighted by molar-refractivity contribution is 5.33. The first-order valence-electron chi connectivity index (χ1n) is 8.80. The van der Waals surface area contributed by atoms with Crippen LogP contribution in [0.1, 0.15) is 30.9 Å². The van der Waals surface area contributed by atoms with Gasteiger partial charge >= 0.3 is 11.4 Å². The number of aromatic amines is 1. The molecule has 0 saturated heterocycles. The van der Waals surface area contributed by atoms with E-state index in [1.807, 2.05) is 31.2 Å². The molecule has 4 rings (SSSR count). The van der Waals surface area contributed by atoms with Crippen LogP contribution in [0.15, 0.2) is 82.4 Å². The number of rotatable bonds is 5. The Bertz CT molecular complexity index is 1040. The first-order valence-corrected chi connectivity index (χ1v) is 8.80. The van der Waals surface area contributed by atoms with Crippen molar-refractivity contribution in [2.24, 2.45) is 5.92 Å². The second-order valence-electron chi connectivity index (χ2n) is 6.85. The van der Waals surface area contributed by atoms with Crippen molar-refractivity contribution >= 4 is 0 Å². The van der Waals surface area contributed by atoms with Gasteiger partial charge < -0.3 is 0 Å². The van der Waals surface area contributed by atoms with Crippen LogP contribution in [0.3, 0.4) is 0 Å². The van der Waals surface area contributed by atoms with Gasteiger partial charge in [0, 0.05) is 0 Å². The molecule has 0 aliphatic heterocycles. The highest BCUT2D eigenvalue weighted by Gasteiger charge is 2.42. The SMILES string of the molecule is C=C(C1CC1c1ccccc1)C(C)n1[nH]c(=O)n(-c2ccccc2)c1=O. The summed E-state index contributed by atoms with van der Waals surface area (Å²) in [4.78, 5) is 25.1. The fourth-order valence-electron chi connectivity index (χ4n) is 3.61. The first-order chi connectivity index (χ1) is 12.6. The van der Waals surface area contributed by atoms with E-state index in [9.17, 15) is 9.59 Å². The topological polar surface area (TPSA) is 59.8 Å². The highest BCUT2D eigenvalue weighted by Crippen LogP contribution is 2.53. The zero-order valence-electron chi connectivity index (χ0n) is 14.6. The van der Waals surface area contributed by atoms with Crippen LogP contribution in [0.4, 0.5) is 0 Å². The minimum Gasteiger partial charge on any atom is -0.246 e. The van der Waals surface area contributed by atoms with E-state index in [2.05, 4.69) is 23.8 Å². The molecule has 132 valence electrons. The molecule has 3 unspecified atom stereocenters. The average Bonchev–Trinajstić information content (AvgIpc) is 3.41. The normalized spacial score (nSPS) is 19.9. The van der Waals surface area contributed by atoms with Crippen molar-refractivity contribution in [1.29, 1.82) is 0 Å². The molecule has 2 aromatic carbocycles. The van der Waals surface area contributed by atoms with Gasteiger partial charge in [0.25, 0.3) is 0 Å². The van der Waals surface area contributed by atoms with Crippen LogP contribution in [0, 0.1) is 5.92 Å². The van der Waals surface area contributed by atoms with Gasteiger partial charge in [0.05, 0.1) is 11.7 Å². The standard InChI is InChI=1S/C21H21N3O2/c1-14(18-13-19(18)16-9-5-3-6-10-16)15(2)24-21(26)23(20(25)22-24)17-11-7-4-8-12-17/h3-12,15,18-19H,1,13H2,2H3,(H,22,25). The van der Waals surface area contributed by atoms with E-state index in [-0.39, 0.29) is 11.7 Å². The first kappa shape index (κ1) is 16.4. The summed E-state index contributed by atoms with van der Waals surface area (Å²) < 4.78 is 2.55. The Balaban J connectivity index is 1.60. The summed E-state index contributed by atoms with van der Waals surface area (Å²) in [5.41, 5.74) is 2.03. The largest absolute Gasteiger partial charge is 0.352 e. The summed E-state index contributed by atoms with van der Waals surface area (Å²) in [6.45, 7) is 6.14. The monoisotopic (exact) mass is 347 g/mol. The van der Waals surface area contributed by atoms with Crippen LogP contribution in [0.2, 0.25) is 0 Å². The summed E-state index contributed by atoms with van der Waals surface area (Å²) in [6.07, 6.45) is 1.03. The van der Waals surface area contributed by atoms with Crippen molar-refractivity contribution in [3.8, 4) is 5.69 Å². The fraction of sp³-hybridized carbons (Fsp3) is 0.238. The maximum atomic E-state index is 12.8.